The van der Waals surface area contributed by atoms with Crippen LogP contribution in [0, 0.1) is 5.92 Å². The van der Waals surface area contributed by atoms with Crippen LogP contribution in [-0.2, 0) is 19.1 Å². The van der Waals surface area contributed by atoms with Gasteiger partial charge < -0.3 is 14.2 Å². The highest BCUT2D eigenvalue weighted by atomic mass is 16.6. The van der Waals surface area contributed by atoms with Crippen LogP contribution in [0.25, 0.3) is 0 Å². The number of hydrogen-bond donors (Lipinski definition) is 0. The number of aliphatic imine (C=N–C) groups is 1. The van der Waals surface area contributed by atoms with Crippen molar-refractivity contribution in [1.82, 2.24) is 0 Å². The molecule has 0 N–H and O–H groups in total. The molecule has 0 fully saturated rings. The standard InChI is InChI=1S/C33H31NO6/c1-21-30(33(37)39-18-17-38-26-11-7-4-8-12-26)31(24-13-15-27(16-14-24)40-22(2)35)32-28(34-21)19-25(20-29(32)36)23-9-5-3-6-10-23/h3-16,25,30-31H,17-20H2,1-2H3/t25-,30?,31-/m1/s1. The number of nitrogens with zero attached hydrogens (tertiary/aromatic N) is 1. The van der Waals surface area contributed by atoms with Crippen molar-refractivity contribution >= 4 is 23.4 Å². The number of ketones is 1. The van der Waals surface area contributed by atoms with Gasteiger partial charge in [0.05, 0.1) is 0 Å². The van der Waals surface area contributed by atoms with E-state index in [-0.39, 0.29) is 24.9 Å². The molecule has 0 spiro atoms. The van der Waals surface area contributed by atoms with Crippen LogP contribution in [0.5, 0.6) is 11.5 Å². The summed E-state index contributed by atoms with van der Waals surface area (Å²) in [5, 5.41) is 0. The zero-order valence-corrected chi connectivity index (χ0v) is 22.5. The van der Waals surface area contributed by atoms with E-state index >= 15 is 0 Å². The van der Waals surface area contributed by atoms with Gasteiger partial charge in [-0.3, -0.25) is 19.4 Å². The fourth-order valence-corrected chi connectivity index (χ4v) is 5.50. The molecule has 3 atom stereocenters. The van der Waals surface area contributed by atoms with Crippen LogP contribution >= 0.6 is 0 Å². The summed E-state index contributed by atoms with van der Waals surface area (Å²) >= 11 is 0. The molecular formula is C33H31NO6. The van der Waals surface area contributed by atoms with Crippen molar-refractivity contribution in [2.45, 2.75) is 38.5 Å². The topological polar surface area (TPSA) is 91.3 Å². The fraction of sp³-hybridized carbons (Fsp3) is 0.273. The quantitative estimate of drug-likeness (QED) is 0.205. The van der Waals surface area contributed by atoms with Crippen LogP contribution in [0.4, 0.5) is 0 Å². The number of para-hydroxylation sites is 1. The molecule has 0 aromatic heterocycles. The van der Waals surface area contributed by atoms with Gasteiger partial charge in [0, 0.05) is 36.2 Å². The monoisotopic (exact) mass is 537 g/mol. The van der Waals surface area contributed by atoms with Crippen molar-refractivity contribution in [2.75, 3.05) is 13.2 Å². The summed E-state index contributed by atoms with van der Waals surface area (Å²) in [6.45, 7) is 3.41. The molecule has 0 radical (unpaired) electrons. The normalized spacial score (nSPS) is 20.3. The average Bonchev–Trinajstić information content (AvgIpc) is 2.95. The Morgan fingerprint density at radius 3 is 2.17 bits per heavy atom. The molecule has 40 heavy (non-hydrogen) atoms. The first-order chi connectivity index (χ1) is 19.4. The van der Waals surface area contributed by atoms with Crippen molar-refractivity contribution in [2.24, 2.45) is 10.9 Å². The van der Waals surface area contributed by atoms with Gasteiger partial charge in [-0.05, 0) is 54.7 Å². The third-order valence-corrected chi connectivity index (χ3v) is 7.25. The van der Waals surface area contributed by atoms with Crippen LogP contribution in [0.3, 0.4) is 0 Å². The fourth-order valence-electron chi connectivity index (χ4n) is 5.50. The van der Waals surface area contributed by atoms with Crippen molar-refractivity contribution in [3.63, 3.8) is 0 Å². The van der Waals surface area contributed by atoms with E-state index in [2.05, 4.69) is 0 Å². The zero-order chi connectivity index (χ0) is 28.1. The van der Waals surface area contributed by atoms with Gasteiger partial charge >= 0.3 is 11.9 Å². The molecule has 0 saturated carbocycles. The van der Waals surface area contributed by atoms with E-state index in [1.54, 1.807) is 24.3 Å². The molecule has 1 unspecified atom stereocenters. The maximum absolute atomic E-state index is 13.7. The van der Waals surface area contributed by atoms with E-state index in [0.29, 0.717) is 41.3 Å². The summed E-state index contributed by atoms with van der Waals surface area (Å²) in [7, 11) is 0. The number of carbonyl (C=O) groups is 3. The third kappa shape index (κ3) is 6.04. The molecule has 1 aliphatic heterocycles. The first-order valence-corrected chi connectivity index (χ1v) is 13.4. The smallest absolute Gasteiger partial charge is 0.315 e. The minimum atomic E-state index is -0.771. The molecule has 204 valence electrons. The van der Waals surface area contributed by atoms with E-state index < -0.39 is 23.8 Å². The van der Waals surface area contributed by atoms with Crippen LogP contribution in [0.1, 0.15) is 49.7 Å². The second-order valence-corrected chi connectivity index (χ2v) is 10.00. The molecule has 1 heterocycles. The molecule has 7 nitrogen and oxygen atoms in total. The van der Waals surface area contributed by atoms with Gasteiger partial charge in [-0.1, -0.05) is 60.7 Å². The summed E-state index contributed by atoms with van der Waals surface area (Å²) in [5.74, 6) is -1.14. The number of carbonyl (C=O) groups excluding carboxylic acids is 3. The van der Waals surface area contributed by atoms with Crippen molar-refractivity contribution in [3.05, 3.63) is 107 Å². The number of ether oxygens (including phenoxy) is 3. The Morgan fingerprint density at radius 1 is 0.825 bits per heavy atom. The van der Waals surface area contributed by atoms with Gasteiger partial charge in [0.15, 0.2) is 5.78 Å². The van der Waals surface area contributed by atoms with Gasteiger partial charge in [-0.2, -0.15) is 0 Å². The Balaban J connectivity index is 1.42. The average molecular weight is 538 g/mol. The zero-order valence-electron chi connectivity index (χ0n) is 22.5. The lowest BCUT2D eigenvalue weighted by Gasteiger charge is -2.36. The second kappa shape index (κ2) is 12.1. The molecule has 0 bridgehead atoms. The SMILES string of the molecule is CC(=O)Oc1ccc([C@H]2C3=C(C[C@@H](c4ccccc4)CC3=O)N=C(C)C2C(=O)OCCOc2ccccc2)cc1. The number of hydrogen-bond acceptors (Lipinski definition) is 7. The summed E-state index contributed by atoms with van der Waals surface area (Å²) in [5.41, 5.74) is 3.72. The van der Waals surface area contributed by atoms with Gasteiger partial charge in [0.25, 0.3) is 0 Å². The maximum atomic E-state index is 13.7. The number of rotatable bonds is 8. The number of esters is 2. The third-order valence-electron chi connectivity index (χ3n) is 7.25. The van der Waals surface area contributed by atoms with Crippen LogP contribution in [0.15, 0.2) is 101 Å². The summed E-state index contributed by atoms with van der Waals surface area (Å²) in [6, 6.07) is 26.2. The van der Waals surface area contributed by atoms with Gasteiger partial charge in [0.2, 0.25) is 0 Å². The summed E-state index contributed by atoms with van der Waals surface area (Å²) < 4.78 is 16.5. The molecular weight excluding hydrogens is 506 g/mol. The highest BCUT2D eigenvalue weighted by molar-refractivity contribution is 6.09. The first-order valence-electron chi connectivity index (χ1n) is 13.4. The van der Waals surface area contributed by atoms with Crippen LogP contribution < -0.4 is 9.47 Å². The van der Waals surface area contributed by atoms with Crippen molar-refractivity contribution < 1.29 is 28.6 Å². The largest absolute Gasteiger partial charge is 0.490 e. The highest BCUT2D eigenvalue weighted by Gasteiger charge is 2.44. The van der Waals surface area contributed by atoms with E-state index in [1.165, 1.54) is 6.92 Å². The molecule has 2 aliphatic rings. The first kappa shape index (κ1) is 27.1. The molecule has 0 amide bonds. The number of benzene rings is 3. The minimum Gasteiger partial charge on any atom is -0.490 e. The van der Waals surface area contributed by atoms with E-state index in [9.17, 15) is 14.4 Å². The lowest BCUT2D eigenvalue weighted by molar-refractivity contribution is -0.147. The summed E-state index contributed by atoms with van der Waals surface area (Å²) in [6.07, 6.45) is 0.948. The minimum absolute atomic E-state index is 0.0226. The maximum Gasteiger partial charge on any atom is 0.315 e. The van der Waals surface area contributed by atoms with Gasteiger partial charge in [0.1, 0.15) is 30.6 Å². The Morgan fingerprint density at radius 2 is 1.50 bits per heavy atom. The Labute approximate surface area is 233 Å². The molecule has 3 aromatic carbocycles. The van der Waals surface area contributed by atoms with Crippen molar-refractivity contribution in [3.8, 4) is 11.5 Å². The lowest BCUT2D eigenvalue weighted by atomic mass is 9.69. The van der Waals surface area contributed by atoms with Gasteiger partial charge in [-0.15, -0.1) is 0 Å². The molecule has 0 saturated heterocycles. The second-order valence-electron chi connectivity index (χ2n) is 10.00. The number of Topliss-reactive ketones (excluding diaryl/α,β-unsaturated/α-hetero) is 1. The van der Waals surface area contributed by atoms with Crippen LogP contribution in [-0.4, -0.2) is 36.6 Å². The highest BCUT2D eigenvalue weighted by Crippen LogP contribution is 2.47. The molecule has 5 rings (SSSR count). The van der Waals surface area contributed by atoms with E-state index in [1.807, 2.05) is 67.6 Å². The predicted octanol–water partition coefficient (Wildman–Crippen LogP) is 5.81. The molecule has 3 aromatic rings. The van der Waals surface area contributed by atoms with Crippen LogP contribution in [0.2, 0.25) is 0 Å². The predicted molar refractivity (Wildman–Crippen MR) is 150 cm³/mol. The summed E-state index contributed by atoms with van der Waals surface area (Å²) in [4.78, 5) is 43.5. The number of allylic oxidation sites excluding steroid dienone is 2. The van der Waals surface area contributed by atoms with Gasteiger partial charge in [-0.25, -0.2) is 0 Å². The molecule has 1 aliphatic carbocycles. The van der Waals surface area contributed by atoms with Crippen molar-refractivity contribution in [1.29, 1.82) is 0 Å². The van der Waals surface area contributed by atoms with E-state index in [0.717, 1.165) is 11.1 Å². The van der Waals surface area contributed by atoms with E-state index in [4.69, 9.17) is 19.2 Å². The lowest BCUT2D eigenvalue weighted by Crippen LogP contribution is -2.38. The Kier molecular flexibility index (Phi) is 8.20. The molecule has 7 heteroatoms. The Hall–Kier alpha value is -4.52. The Bertz CT molecular complexity index is 1440.